The predicted molar refractivity (Wildman–Crippen MR) is 136 cm³/mol. The van der Waals surface area contributed by atoms with Gasteiger partial charge < -0.3 is 19.3 Å². The van der Waals surface area contributed by atoms with Gasteiger partial charge in [-0.1, -0.05) is 60.7 Å². The van der Waals surface area contributed by atoms with Crippen LogP contribution in [-0.4, -0.2) is 34.4 Å². The van der Waals surface area contributed by atoms with Gasteiger partial charge in [0.15, 0.2) is 0 Å². The number of esters is 1. The van der Waals surface area contributed by atoms with Gasteiger partial charge in [0, 0.05) is 17.1 Å². The highest BCUT2D eigenvalue weighted by Crippen LogP contribution is 2.38. The molecule has 4 rings (SSSR count). The summed E-state index contributed by atoms with van der Waals surface area (Å²) in [6, 6.07) is 22.7. The van der Waals surface area contributed by atoms with Crippen molar-refractivity contribution in [2.45, 2.75) is 38.6 Å². The van der Waals surface area contributed by atoms with Crippen LogP contribution >= 0.6 is 0 Å². The van der Waals surface area contributed by atoms with Gasteiger partial charge in [0.1, 0.15) is 18.0 Å². The lowest BCUT2D eigenvalue weighted by molar-refractivity contribution is -0.163. The van der Waals surface area contributed by atoms with Gasteiger partial charge in [0.05, 0.1) is 12.6 Å². The van der Waals surface area contributed by atoms with Crippen molar-refractivity contribution >= 4 is 23.0 Å². The van der Waals surface area contributed by atoms with E-state index in [0.29, 0.717) is 16.7 Å². The number of carbonyl (C=O) groups excluding carboxylic acids is 2. The summed E-state index contributed by atoms with van der Waals surface area (Å²) in [5.74, 6) is -0.307. The molecule has 0 aliphatic carbocycles. The SMILES string of the molecule is COc1ccc(C(O)(C(=O)OCc2ccccc2)c2cn(C(=O)OC(C)(C)C)c3ccccc23)cc1. The van der Waals surface area contributed by atoms with Crippen LogP contribution in [0.5, 0.6) is 5.75 Å². The Kier molecular flexibility index (Phi) is 6.86. The van der Waals surface area contributed by atoms with E-state index in [1.54, 1.807) is 69.3 Å². The lowest BCUT2D eigenvalue weighted by Gasteiger charge is -2.27. The van der Waals surface area contributed by atoms with Crippen LogP contribution in [0.3, 0.4) is 0 Å². The highest BCUT2D eigenvalue weighted by molar-refractivity contribution is 5.98. The lowest BCUT2D eigenvalue weighted by atomic mass is 9.86. The molecule has 36 heavy (non-hydrogen) atoms. The summed E-state index contributed by atoms with van der Waals surface area (Å²) in [6.07, 6.45) is 0.812. The van der Waals surface area contributed by atoms with Crippen LogP contribution in [0.4, 0.5) is 4.79 Å². The largest absolute Gasteiger partial charge is 0.497 e. The first kappa shape index (κ1) is 25.0. The maximum absolute atomic E-state index is 13.6. The molecule has 7 heteroatoms. The molecule has 0 bridgehead atoms. The third kappa shape index (κ3) is 4.97. The van der Waals surface area contributed by atoms with Gasteiger partial charge in [-0.25, -0.2) is 9.59 Å². The molecule has 1 atom stereocenters. The summed E-state index contributed by atoms with van der Waals surface area (Å²) < 4.78 is 17.7. The lowest BCUT2D eigenvalue weighted by Crippen LogP contribution is -2.38. The van der Waals surface area contributed by atoms with Crippen molar-refractivity contribution in [1.82, 2.24) is 4.57 Å². The first-order valence-electron chi connectivity index (χ1n) is 11.6. The fourth-order valence-corrected chi connectivity index (χ4v) is 3.97. The number of nitrogens with zero attached hydrogens (tertiary/aromatic N) is 1. The van der Waals surface area contributed by atoms with E-state index in [1.165, 1.54) is 17.9 Å². The summed E-state index contributed by atoms with van der Waals surface area (Å²) in [5, 5.41) is 12.6. The molecule has 0 aliphatic heterocycles. The molecule has 4 aromatic rings. The van der Waals surface area contributed by atoms with Crippen LogP contribution < -0.4 is 4.74 Å². The highest BCUT2D eigenvalue weighted by atomic mass is 16.6. The maximum atomic E-state index is 13.6. The van der Waals surface area contributed by atoms with Crippen molar-refractivity contribution in [3.05, 3.63) is 102 Å². The summed E-state index contributed by atoms with van der Waals surface area (Å²) >= 11 is 0. The number of carbonyl (C=O) groups is 2. The van der Waals surface area contributed by atoms with Crippen LogP contribution in [0.1, 0.15) is 37.5 Å². The number of aliphatic hydroxyl groups is 1. The molecular weight excluding hydrogens is 458 g/mol. The molecule has 7 nitrogen and oxygen atoms in total. The number of rotatable bonds is 6. The molecule has 3 aromatic carbocycles. The van der Waals surface area contributed by atoms with E-state index in [9.17, 15) is 14.7 Å². The fourth-order valence-electron chi connectivity index (χ4n) is 3.97. The molecule has 0 aliphatic rings. The van der Waals surface area contributed by atoms with E-state index in [4.69, 9.17) is 14.2 Å². The molecule has 0 radical (unpaired) electrons. The third-order valence-corrected chi connectivity index (χ3v) is 5.71. The molecule has 0 spiro atoms. The van der Waals surface area contributed by atoms with E-state index in [0.717, 1.165) is 5.56 Å². The van der Waals surface area contributed by atoms with Gasteiger partial charge in [-0.15, -0.1) is 0 Å². The van der Waals surface area contributed by atoms with Gasteiger partial charge in [-0.2, -0.15) is 0 Å². The van der Waals surface area contributed by atoms with Crippen molar-refractivity contribution in [3.8, 4) is 5.75 Å². The van der Waals surface area contributed by atoms with Gasteiger partial charge in [0.2, 0.25) is 5.60 Å². The highest BCUT2D eigenvalue weighted by Gasteiger charge is 2.44. The van der Waals surface area contributed by atoms with Crippen LogP contribution in [0.25, 0.3) is 10.9 Å². The average Bonchev–Trinajstić information content (AvgIpc) is 3.27. The van der Waals surface area contributed by atoms with Crippen molar-refractivity contribution in [2.24, 2.45) is 0 Å². The number of para-hydroxylation sites is 1. The number of benzene rings is 3. The number of methoxy groups -OCH3 is 1. The second-order valence-corrected chi connectivity index (χ2v) is 9.41. The van der Waals surface area contributed by atoms with E-state index in [2.05, 4.69) is 0 Å². The minimum absolute atomic E-state index is 0.0250. The Bertz CT molecular complexity index is 1370. The minimum Gasteiger partial charge on any atom is -0.497 e. The van der Waals surface area contributed by atoms with Crippen LogP contribution in [0, 0.1) is 0 Å². The summed E-state index contributed by atoms with van der Waals surface area (Å²) in [5.41, 5.74) is -1.21. The first-order valence-corrected chi connectivity index (χ1v) is 11.6. The van der Waals surface area contributed by atoms with E-state index in [-0.39, 0.29) is 17.7 Å². The Balaban J connectivity index is 1.85. The van der Waals surface area contributed by atoms with E-state index >= 15 is 0 Å². The Hall–Kier alpha value is -4.10. The molecule has 0 amide bonds. The summed E-state index contributed by atoms with van der Waals surface area (Å²) in [7, 11) is 1.53. The van der Waals surface area contributed by atoms with Crippen LogP contribution in [-0.2, 0) is 26.5 Å². The second-order valence-electron chi connectivity index (χ2n) is 9.41. The molecule has 1 aromatic heterocycles. The van der Waals surface area contributed by atoms with Gasteiger partial charge in [-0.3, -0.25) is 4.57 Å². The number of fused-ring (bicyclic) bond motifs is 1. The summed E-state index contributed by atoms with van der Waals surface area (Å²) in [4.78, 5) is 26.7. The quantitative estimate of drug-likeness (QED) is 0.366. The number of ether oxygens (including phenoxy) is 3. The van der Waals surface area contributed by atoms with Crippen LogP contribution in [0.2, 0.25) is 0 Å². The Morgan fingerprint density at radius 1 is 0.889 bits per heavy atom. The Morgan fingerprint density at radius 2 is 1.53 bits per heavy atom. The molecule has 0 saturated carbocycles. The monoisotopic (exact) mass is 487 g/mol. The molecule has 186 valence electrons. The van der Waals surface area contributed by atoms with Gasteiger partial charge in [-0.05, 0) is 50.1 Å². The Morgan fingerprint density at radius 3 is 2.17 bits per heavy atom. The second kappa shape index (κ2) is 9.87. The smallest absolute Gasteiger partial charge is 0.419 e. The van der Waals surface area contributed by atoms with E-state index in [1.807, 2.05) is 30.3 Å². The minimum atomic E-state index is -2.21. The fraction of sp³-hybridized carbons (Fsp3) is 0.241. The maximum Gasteiger partial charge on any atom is 0.419 e. The third-order valence-electron chi connectivity index (χ3n) is 5.71. The van der Waals surface area contributed by atoms with Gasteiger partial charge in [0.25, 0.3) is 0 Å². The molecule has 1 N–H and O–H groups in total. The Labute approximate surface area is 209 Å². The standard InChI is InChI=1S/C29H29NO6/c1-28(2,3)36-27(32)30-18-24(23-12-8-9-13-25(23)30)29(33,21-14-16-22(34-4)17-15-21)26(31)35-19-20-10-6-5-7-11-20/h5-18,33H,19H2,1-4H3. The van der Waals surface area contributed by atoms with Crippen molar-refractivity contribution in [2.75, 3.05) is 7.11 Å². The average molecular weight is 488 g/mol. The van der Waals surface area contributed by atoms with E-state index < -0.39 is 23.3 Å². The zero-order chi connectivity index (χ0) is 25.9. The molecule has 1 heterocycles. The molecular formula is C29H29NO6. The zero-order valence-electron chi connectivity index (χ0n) is 20.7. The first-order chi connectivity index (χ1) is 17.1. The van der Waals surface area contributed by atoms with Crippen LogP contribution in [0.15, 0.2) is 85.1 Å². The molecule has 0 saturated heterocycles. The van der Waals surface area contributed by atoms with Crippen molar-refractivity contribution in [3.63, 3.8) is 0 Å². The predicted octanol–water partition coefficient (Wildman–Crippen LogP) is 5.41. The van der Waals surface area contributed by atoms with Crippen molar-refractivity contribution < 1.29 is 28.9 Å². The van der Waals surface area contributed by atoms with Crippen molar-refractivity contribution in [1.29, 1.82) is 0 Å². The normalized spacial score (nSPS) is 13.1. The topological polar surface area (TPSA) is 87.0 Å². The molecule has 1 unspecified atom stereocenters. The van der Waals surface area contributed by atoms with Gasteiger partial charge >= 0.3 is 12.1 Å². The zero-order valence-corrected chi connectivity index (χ0v) is 20.7. The number of hydrogen-bond donors (Lipinski definition) is 1. The number of hydrogen-bond acceptors (Lipinski definition) is 6. The molecule has 0 fully saturated rings. The summed E-state index contributed by atoms with van der Waals surface area (Å²) in [6.45, 7) is 5.28. The number of aromatic nitrogens is 1.